The average molecular weight is 488 g/mol. The fourth-order valence-electron chi connectivity index (χ4n) is 1.22. The third-order valence-electron chi connectivity index (χ3n) is 2.87. The largest absolute Gasteiger partial charge is 0.478 e. The third-order valence-corrected chi connectivity index (χ3v) is 4.35. The van der Waals surface area contributed by atoms with Gasteiger partial charge >= 0.3 is 11.9 Å². The van der Waals surface area contributed by atoms with Gasteiger partial charge < -0.3 is 9.84 Å². The molecule has 0 heterocycles. The fourth-order valence-corrected chi connectivity index (χ4v) is 3.24. The summed E-state index contributed by atoms with van der Waals surface area (Å²) in [5, 5.41) is 9.21. The van der Waals surface area contributed by atoms with Crippen LogP contribution in [-0.2, 0) is 4.79 Å². The zero-order valence-electron chi connectivity index (χ0n) is 10.8. The number of halogens is 2. The molecule has 1 aromatic carbocycles. The molecule has 0 aromatic heterocycles. The molecule has 4 nitrogen and oxygen atoms in total. The van der Waals surface area contributed by atoms with E-state index in [0.717, 1.165) is 3.57 Å². The summed E-state index contributed by atoms with van der Waals surface area (Å²) in [6.45, 7) is 5.43. The predicted molar refractivity (Wildman–Crippen MR) is 88.5 cm³/mol. The minimum atomic E-state index is -1.10. The predicted octanol–water partition coefficient (Wildman–Crippen LogP) is 3.94. The van der Waals surface area contributed by atoms with Crippen LogP contribution >= 0.6 is 45.2 Å². The summed E-state index contributed by atoms with van der Waals surface area (Å²) in [7, 11) is 0. The number of aromatic carboxylic acids is 1. The quantitative estimate of drug-likeness (QED) is 0.397. The molecule has 6 heteroatoms. The summed E-state index contributed by atoms with van der Waals surface area (Å²) in [5.74, 6) is -1.41. The number of hydrogen-bond acceptors (Lipinski definition) is 3. The van der Waals surface area contributed by atoms with Crippen molar-refractivity contribution in [2.45, 2.75) is 27.2 Å². The van der Waals surface area contributed by atoms with Crippen molar-refractivity contribution >= 4 is 57.1 Å². The topological polar surface area (TPSA) is 63.6 Å². The van der Waals surface area contributed by atoms with Gasteiger partial charge in [0.2, 0.25) is 0 Å². The van der Waals surface area contributed by atoms with Crippen LogP contribution in [0.25, 0.3) is 0 Å². The molecule has 0 saturated carbocycles. The normalized spacial score (nSPS) is 11.2. The fraction of sp³-hybridized carbons (Fsp3) is 0.385. The van der Waals surface area contributed by atoms with Crippen LogP contribution in [0, 0.1) is 12.6 Å². The molecule has 0 radical (unpaired) electrons. The first-order valence-electron chi connectivity index (χ1n) is 5.63. The lowest BCUT2D eigenvalue weighted by Crippen LogP contribution is -2.29. The van der Waals surface area contributed by atoms with Gasteiger partial charge in [-0.1, -0.05) is 6.92 Å². The highest BCUT2D eigenvalue weighted by atomic mass is 127. The molecule has 0 aliphatic carbocycles. The van der Waals surface area contributed by atoms with E-state index in [0.29, 0.717) is 9.99 Å². The van der Waals surface area contributed by atoms with Gasteiger partial charge in [-0.05, 0) is 77.6 Å². The van der Waals surface area contributed by atoms with Crippen molar-refractivity contribution in [1.29, 1.82) is 0 Å². The number of carbonyl (C=O) groups is 2. The van der Waals surface area contributed by atoms with Crippen molar-refractivity contribution in [3.8, 4) is 5.75 Å². The first-order chi connectivity index (χ1) is 8.69. The van der Waals surface area contributed by atoms with Crippen LogP contribution in [0.4, 0.5) is 0 Å². The van der Waals surface area contributed by atoms with Crippen molar-refractivity contribution in [2.75, 3.05) is 0 Å². The number of carbonyl (C=O) groups excluding carboxylic acids is 1. The lowest BCUT2D eigenvalue weighted by atomic mass is 9.91. The van der Waals surface area contributed by atoms with Crippen LogP contribution in [-0.4, -0.2) is 17.0 Å². The zero-order valence-corrected chi connectivity index (χ0v) is 15.1. The van der Waals surface area contributed by atoms with Crippen LogP contribution in [0.2, 0.25) is 0 Å². The number of hydrogen-bond donors (Lipinski definition) is 1. The van der Waals surface area contributed by atoms with Gasteiger partial charge in [-0.2, -0.15) is 0 Å². The van der Waals surface area contributed by atoms with Gasteiger partial charge in [0.15, 0.2) is 0 Å². The van der Waals surface area contributed by atoms with Crippen molar-refractivity contribution in [3.63, 3.8) is 0 Å². The second-order valence-corrected chi connectivity index (χ2v) is 7.10. The van der Waals surface area contributed by atoms with E-state index in [1.807, 2.05) is 29.5 Å². The molecule has 0 saturated heterocycles. The zero-order chi connectivity index (χ0) is 14.8. The molecule has 19 heavy (non-hydrogen) atoms. The number of benzene rings is 1. The standard InChI is InChI=1S/C13H14I2O4/c1-4-13(2,3)12(18)19-9-6-7(14)5-8(15)10(9)11(16)17/h5-6H,4H2,1-3H3,(H,16,17). The highest BCUT2D eigenvalue weighted by Crippen LogP contribution is 2.30. The first kappa shape index (κ1) is 16.7. The van der Waals surface area contributed by atoms with Gasteiger partial charge in [0, 0.05) is 7.14 Å². The molecule has 1 N–H and O–H groups in total. The Morgan fingerprint density at radius 3 is 2.37 bits per heavy atom. The van der Waals surface area contributed by atoms with Gasteiger partial charge in [0.25, 0.3) is 0 Å². The second kappa shape index (κ2) is 6.38. The maximum Gasteiger partial charge on any atom is 0.340 e. The number of carboxylic acid groups (broad SMARTS) is 1. The van der Waals surface area contributed by atoms with Crippen molar-refractivity contribution in [3.05, 3.63) is 24.8 Å². The Morgan fingerprint density at radius 1 is 1.32 bits per heavy atom. The smallest absolute Gasteiger partial charge is 0.340 e. The van der Waals surface area contributed by atoms with E-state index in [1.165, 1.54) is 0 Å². The van der Waals surface area contributed by atoms with Crippen LogP contribution in [0.15, 0.2) is 12.1 Å². The molecule has 0 aliphatic rings. The molecule has 0 fully saturated rings. The maximum absolute atomic E-state index is 12.0. The molecule has 0 unspecified atom stereocenters. The Labute approximate surface area is 139 Å². The molecule has 0 amide bonds. The Kier molecular flexibility index (Phi) is 5.60. The molecule has 104 valence electrons. The van der Waals surface area contributed by atoms with E-state index in [2.05, 4.69) is 22.6 Å². The summed E-state index contributed by atoms with van der Waals surface area (Å²) >= 11 is 3.99. The summed E-state index contributed by atoms with van der Waals surface area (Å²) < 4.78 is 6.67. The van der Waals surface area contributed by atoms with Crippen LogP contribution in [0.3, 0.4) is 0 Å². The summed E-state index contributed by atoms with van der Waals surface area (Å²) in [4.78, 5) is 23.3. The lowest BCUT2D eigenvalue weighted by Gasteiger charge is -2.21. The van der Waals surface area contributed by atoms with E-state index < -0.39 is 17.4 Å². The Hall–Kier alpha value is -0.380. The molecule has 0 bridgehead atoms. The highest BCUT2D eigenvalue weighted by molar-refractivity contribution is 14.1. The van der Waals surface area contributed by atoms with Gasteiger partial charge in [0.05, 0.1) is 5.41 Å². The van der Waals surface area contributed by atoms with Gasteiger partial charge in [-0.15, -0.1) is 0 Å². The first-order valence-corrected chi connectivity index (χ1v) is 7.79. The molecule has 1 aromatic rings. The number of rotatable bonds is 4. The lowest BCUT2D eigenvalue weighted by molar-refractivity contribution is -0.144. The van der Waals surface area contributed by atoms with Gasteiger partial charge in [-0.3, -0.25) is 4.79 Å². The second-order valence-electron chi connectivity index (χ2n) is 4.69. The van der Waals surface area contributed by atoms with Crippen LogP contribution in [0.5, 0.6) is 5.75 Å². The van der Waals surface area contributed by atoms with Crippen molar-refractivity contribution in [2.24, 2.45) is 5.41 Å². The van der Waals surface area contributed by atoms with Gasteiger partial charge in [-0.25, -0.2) is 4.79 Å². The van der Waals surface area contributed by atoms with Crippen molar-refractivity contribution < 1.29 is 19.4 Å². The maximum atomic E-state index is 12.0. The minimum Gasteiger partial charge on any atom is -0.478 e. The number of ether oxygens (including phenoxy) is 1. The molecule has 0 spiro atoms. The average Bonchev–Trinajstić information content (AvgIpc) is 2.27. The summed E-state index contributed by atoms with van der Waals surface area (Å²) in [6, 6.07) is 3.29. The monoisotopic (exact) mass is 488 g/mol. The molecule has 1 rings (SSSR count). The highest BCUT2D eigenvalue weighted by Gasteiger charge is 2.29. The molecule has 0 atom stereocenters. The van der Waals surface area contributed by atoms with E-state index in [1.54, 1.807) is 26.0 Å². The van der Waals surface area contributed by atoms with E-state index in [9.17, 15) is 14.7 Å². The van der Waals surface area contributed by atoms with Gasteiger partial charge in [0.1, 0.15) is 11.3 Å². The van der Waals surface area contributed by atoms with E-state index in [-0.39, 0.29) is 11.3 Å². The minimum absolute atomic E-state index is 0.0290. The SMILES string of the molecule is CCC(C)(C)C(=O)Oc1cc(I)cc(I)c1C(=O)O. The van der Waals surface area contributed by atoms with E-state index >= 15 is 0 Å². The van der Waals surface area contributed by atoms with Crippen LogP contribution in [0.1, 0.15) is 37.6 Å². The number of esters is 1. The summed E-state index contributed by atoms with van der Waals surface area (Å²) in [5.41, 5.74) is -0.607. The van der Waals surface area contributed by atoms with E-state index in [4.69, 9.17) is 4.74 Å². The Bertz CT molecular complexity index is 524. The molecular formula is C13H14I2O4. The Morgan fingerprint density at radius 2 is 1.89 bits per heavy atom. The van der Waals surface area contributed by atoms with Crippen LogP contribution < -0.4 is 4.74 Å². The Balaban J connectivity index is 3.21. The number of carboxylic acids is 1. The molecular weight excluding hydrogens is 474 g/mol. The summed E-state index contributed by atoms with van der Waals surface area (Å²) in [6.07, 6.45) is 0.620. The van der Waals surface area contributed by atoms with Crippen molar-refractivity contribution in [1.82, 2.24) is 0 Å². The molecule has 0 aliphatic heterocycles. The third kappa shape index (κ3) is 4.04.